The summed E-state index contributed by atoms with van der Waals surface area (Å²) in [6.45, 7) is 0. The van der Waals surface area contributed by atoms with Gasteiger partial charge in [-0.1, -0.05) is 23.2 Å². The van der Waals surface area contributed by atoms with Gasteiger partial charge in [0.05, 0.1) is 23.4 Å². The molecule has 1 aromatic heterocycles. The molecule has 0 fully saturated rings. The van der Waals surface area contributed by atoms with Crippen LogP contribution >= 0.6 is 23.2 Å². The second kappa shape index (κ2) is 4.82. The molecule has 2 aromatic rings. The van der Waals surface area contributed by atoms with Crippen LogP contribution in [0.15, 0.2) is 30.6 Å². The average molecular weight is 270 g/mol. The largest absolute Gasteiger partial charge is 0.506 e. The highest BCUT2D eigenvalue weighted by Gasteiger charge is 2.09. The van der Waals surface area contributed by atoms with Gasteiger partial charge in [0.2, 0.25) is 0 Å². The number of ether oxygens (including phenoxy) is 1. The number of aromatic hydroxyl groups is 1. The summed E-state index contributed by atoms with van der Waals surface area (Å²) in [4.78, 5) is 4.04. The molecule has 0 aliphatic rings. The first-order valence-electron chi connectivity index (χ1n) is 4.79. The van der Waals surface area contributed by atoms with E-state index < -0.39 is 0 Å². The maximum absolute atomic E-state index is 9.42. The Balaban J connectivity index is 2.56. The van der Waals surface area contributed by atoms with Gasteiger partial charge in [-0.05, 0) is 12.1 Å². The predicted molar refractivity (Wildman–Crippen MR) is 67.9 cm³/mol. The molecule has 0 radical (unpaired) electrons. The van der Waals surface area contributed by atoms with Gasteiger partial charge in [0, 0.05) is 23.4 Å². The summed E-state index contributed by atoms with van der Waals surface area (Å²) in [5.74, 6) is 0.582. The van der Waals surface area contributed by atoms with E-state index in [4.69, 9.17) is 27.9 Å². The Labute approximate surface area is 109 Å². The molecular weight excluding hydrogens is 261 g/mol. The Morgan fingerprint density at radius 2 is 1.88 bits per heavy atom. The second-order valence-corrected chi connectivity index (χ2v) is 4.21. The summed E-state index contributed by atoms with van der Waals surface area (Å²) in [6.07, 6.45) is 3.25. The van der Waals surface area contributed by atoms with Crippen molar-refractivity contribution >= 4 is 23.2 Å². The molecule has 5 heteroatoms. The van der Waals surface area contributed by atoms with Crippen LogP contribution < -0.4 is 4.74 Å². The van der Waals surface area contributed by atoms with Crippen molar-refractivity contribution in [2.45, 2.75) is 0 Å². The molecule has 0 saturated heterocycles. The van der Waals surface area contributed by atoms with E-state index in [-0.39, 0.29) is 10.8 Å². The Hall–Kier alpha value is -1.45. The predicted octanol–water partition coefficient (Wildman–Crippen LogP) is 3.77. The zero-order valence-electron chi connectivity index (χ0n) is 8.95. The van der Waals surface area contributed by atoms with Crippen molar-refractivity contribution in [3.8, 4) is 22.6 Å². The number of methoxy groups -OCH3 is 1. The number of benzene rings is 1. The van der Waals surface area contributed by atoms with Crippen LogP contribution in [0.1, 0.15) is 0 Å². The summed E-state index contributed by atoms with van der Waals surface area (Å²) >= 11 is 11.9. The Kier molecular flexibility index (Phi) is 3.41. The average Bonchev–Trinajstić information content (AvgIpc) is 2.34. The molecule has 0 unspecified atom stereocenters. The van der Waals surface area contributed by atoms with Crippen molar-refractivity contribution in [2.75, 3.05) is 7.11 Å². The van der Waals surface area contributed by atoms with Crippen LogP contribution in [0.2, 0.25) is 10.0 Å². The lowest BCUT2D eigenvalue weighted by molar-refractivity contribution is 0.413. The molecule has 1 aromatic carbocycles. The third kappa shape index (κ3) is 2.46. The molecule has 2 rings (SSSR count). The zero-order valence-corrected chi connectivity index (χ0v) is 10.5. The van der Waals surface area contributed by atoms with Crippen LogP contribution in [-0.4, -0.2) is 17.2 Å². The number of rotatable bonds is 2. The van der Waals surface area contributed by atoms with Gasteiger partial charge in [0.15, 0.2) is 0 Å². The standard InChI is InChI=1S/C12H9Cl2NO2/c1-17-8-2-7(5-15-6-8)9-3-11(14)12(16)4-10(9)13/h2-6,16H,1H3. The second-order valence-electron chi connectivity index (χ2n) is 3.40. The summed E-state index contributed by atoms with van der Waals surface area (Å²) < 4.78 is 5.08. The molecule has 0 aliphatic heterocycles. The molecule has 88 valence electrons. The summed E-state index contributed by atoms with van der Waals surface area (Å²) in [5, 5.41) is 10.1. The van der Waals surface area contributed by atoms with Gasteiger partial charge in [0.1, 0.15) is 11.5 Å². The third-order valence-corrected chi connectivity index (χ3v) is 2.91. The number of hydrogen-bond donors (Lipinski definition) is 1. The molecule has 0 bridgehead atoms. The Bertz CT molecular complexity index is 558. The minimum absolute atomic E-state index is 0.0451. The highest BCUT2D eigenvalue weighted by Crippen LogP contribution is 2.36. The van der Waals surface area contributed by atoms with E-state index in [1.54, 1.807) is 31.6 Å². The SMILES string of the molecule is COc1cncc(-c2cc(Cl)c(O)cc2Cl)c1. The van der Waals surface area contributed by atoms with Crippen LogP contribution in [0.5, 0.6) is 11.5 Å². The Morgan fingerprint density at radius 3 is 2.59 bits per heavy atom. The van der Waals surface area contributed by atoms with Crippen LogP contribution in [0.25, 0.3) is 11.1 Å². The maximum Gasteiger partial charge on any atom is 0.137 e. The minimum atomic E-state index is -0.0451. The number of phenols is 1. The van der Waals surface area contributed by atoms with Gasteiger partial charge in [-0.2, -0.15) is 0 Å². The van der Waals surface area contributed by atoms with E-state index in [1.807, 2.05) is 0 Å². The molecule has 1 heterocycles. The van der Waals surface area contributed by atoms with Gasteiger partial charge in [0.25, 0.3) is 0 Å². The number of hydrogen-bond acceptors (Lipinski definition) is 3. The number of phenolic OH excluding ortho intramolecular Hbond substituents is 1. The summed E-state index contributed by atoms with van der Waals surface area (Å²) in [6, 6.07) is 4.79. The smallest absolute Gasteiger partial charge is 0.137 e. The maximum atomic E-state index is 9.42. The Morgan fingerprint density at radius 1 is 1.12 bits per heavy atom. The van der Waals surface area contributed by atoms with Gasteiger partial charge in [-0.25, -0.2) is 0 Å². The normalized spacial score (nSPS) is 10.3. The number of pyridine rings is 1. The van der Waals surface area contributed by atoms with Gasteiger partial charge in [-0.3, -0.25) is 4.98 Å². The van der Waals surface area contributed by atoms with Crippen molar-refractivity contribution in [3.63, 3.8) is 0 Å². The van der Waals surface area contributed by atoms with E-state index in [2.05, 4.69) is 4.98 Å². The van der Waals surface area contributed by atoms with Crippen molar-refractivity contribution in [1.82, 2.24) is 4.98 Å². The fourth-order valence-electron chi connectivity index (χ4n) is 1.44. The van der Waals surface area contributed by atoms with Crippen LogP contribution in [0.3, 0.4) is 0 Å². The van der Waals surface area contributed by atoms with E-state index >= 15 is 0 Å². The molecule has 0 spiro atoms. The zero-order chi connectivity index (χ0) is 12.4. The van der Waals surface area contributed by atoms with Crippen molar-refractivity contribution in [1.29, 1.82) is 0 Å². The summed E-state index contributed by atoms with van der Waals surface area (Å²) in [7, 11) is 1.56. The molecule has 1 N–H and O–H groups in total. The highest BCUT2D eigenvalue weighted by molar-refractivity contribution is 6.36. The third-order valence-electron chi connectivity index (χ3n) is 2.30. The van der Waals surface area contributed by atoms with Crippen molar-refractivity contribution in [2.24, 2.45) is 0 Å². The lowest BCUT2D eigenvalue weighted by atomic mass is 10.1. The summed E-state index contributed by atoms with van der Waals surface area (Å²) in [5.41, 5.74) is 1.47. The van der Waals surface area contributed by atoms with Crippen LogP contribution in [-0.2, 0) is 0 Å². The highest BCUT2D eigenvalue weighted by atomic mass is 35.5. The molecule has 0 saturated carbocycles. The van der Waals surface area contributed by atoms with Crippen LogP contribution in [0, 0.1) is 0 Å². The van der Waals surface area contributed by atoms with Gasteiger partial charge in [-0.15, -0.1) is 0 Å². The molecule has 0 atom stereocenters. The van der Waals surface area contributed by atoms with E-state index in [0.717, 1.165) is 5.56 Å². The first-order valence-corrected chi connectivity index (χ1v) is 5.55. The lowest BCUT2D eigenvalue weighted by Gasteiger charge is -2.07. The number of halogens is 2. The quantitative estimate of drug-likeness (QED) is 0.903. The topological polar surface area (TPSA) is 42.4 Å². The first kappa shape index (κ1) is 12.0. The molecule has 17 heavy (non-hydrogen) atoms. The molecule has 0 amide bonds. The monoisotopic (exact) mass is 269 g/mol. The van der Waals surface area contributed by atoms with E-state index in [9.17, 15) is 5.11 Å². The number of aromatic nitrogens is 1. The lowest BCUT2D eigenvalue weighted by Crippen LogP contribution is -1.87. The molecule has 3 nitrogen and oxygen atoms in total. The van der Waals surface area contributed by atoms with E-state index in [1.165, 1.54) is 6.07 Å². The fourth-order valence-corrected chi connectivity index (χ4v) is 1.87. The van der Waals surface area contributed by atoms with E-state index in [0.29, 0.717) is 16.3 Å². The van der Waals surface area contributed by atoms with Crippen molar-refractivity contribution in [3.05, 3.63) is 40.6 Å². The van der Waals surface area contributed by atoms with Gasteiger partial charge < -0.3 is 9.84 Å². The van der Waals surface area contributed by atoms with Gasteiger partial charge >= 0.3 is 0 Å². The fraction of sp³-hybridized carbons (Fsp3) is 0.0833. The molecule has 0 aliphatic carbocycles. The van der Waals surface area contributed by atoms with Crippen molar-refractivity contribution < 1.29 is 9.84 Å². The first-order chi connectivity index (χ1) is 8.11. The van der Waals surface area contributed by atoms with Crippen LogP contribution in [0.4, 0.5) is 0 Å². The molecular formula is C12H9Cl2NO2. The minimum Gasteiger partial charge on any atom is -0.506 e. The number of nitrogens with zero attached hydrogens (tertiary/aromatic N) is 1.